The van der Waals surface area contributed by atoms with Crippen LogP contribution in [-0.4, -0.2) is 24.7 Å². The Labute approximate surface area is 103 Å². The van der Waals surface area contributed by atoms with Crippen LogP contribution in [0.1, 0.15) is 17.0 Å². The zero-order chi connectivity index (χ0) is 13.2. The monoisotopic (exact) mass is 261 g/mol. The van der Waals surface area contributed by atoms with Crippen LogP contribution in [0.25, 0.3) is 0 Å². The van der Waals surface area contributed by atoms with Gasteiger partial charge in [-0.05, 0) is 18.6 Å². The van der Waals surface area contributed by atoms with Gasteiger partial charge in [0, 0.05) is 12.1 Å². The van der Waals surface area contributed by atoms with Gasteiger partial charge in [-0.2, -0.15) is 0 Å². The molecule has 4 nitrogen and oxygen atoms in total. The van der Waals surface area contributed by atoms with Crippen LogP contribution in [0.15, 0.2) is 6.07 Å². The molecule has 0 bridgehead atoms. The molecule has 94 valence electrons. The minimum Gasteiger partial charge on any atom is -0.495 e. The Hall–Kier alpha value is -1.33. The molecule has 1 aromatic carbocycles. The number of aliphatic carboxylic acids is 1. The van der Waals surface area contributed by atoms with Gasteiger partial charge in [-0.1, -0.05) is 11.6 Å². The second-order valence-corrected chi connectivity index (χ2v) is 3.95. The van der Waals surface area contributed by atoms with E-state index in [1.165, 1.54) is 14.0 Å². The number of benzene rings is 1. The number of hydrogen-bond acceptors (Lipinski definition) is 3. The summed E-state index contributed by atoms with van der Waals surface area (Å²) in [7, 11) is 1.34. The fourth-order valence-electron chi connectivity index (χ4n) is 1.68. The Morgan fingerprint density at radius 2 is 2.29 bits per heavy atom. The lowest BCUT2D eigenvalue weighted by Gasteiger charge is -2.18. The van der Waals surface area contributed by atoms with Gasteiger partial charge in [0.2, 0.25) is 0 Å². The zero-order valence-corrected chi connectivity index (χ0v) is 10.2. The molecule has 0 aliphatic rings. The molecule has 1 unspecified atom stereocenters. The summed E-state index contributed by atoms with van der Waals surface area (Å²) in [6.07, 6.45) is 0. The van der Waals surface area contributed by atoms with E-state index in [2.05, 4.69) is 0 Å². The first-order valence-corrected chi connectivity index (χ1v) is 5.27. The molecular formula is C11H13ClFNO3. The topological polar surface area (TPSA) is 72.5 Å². The molecule has 0 aromatic heterocycles. The number of carboxylic acids is 1. The van der Waals surface area contributed by atoms with E-state index in [9.17, 15) is 9.18 Å². The van der Waals surface area contributed by atoms with Crippen LogP contribution in [-0.2, 0) is 4.79 Å². The van der Waals surface area contributed by atoms with E-state index >= 15 is 0 Å². The molecule has 6 heteroatoms. The average molecular weight is 262 g/mol. The lowest BCUT2D eigenvalue weighted by Crippen LogP contribution is -2.23. The fourth-order valence-corrected chi connectivity index (χ4v) is 1.96. The summed E-state index contributed by atoms with van der Waals surface area (Å²) in [5.41, 5.74) is 5.77. The van der Waals surface area contributed by atoms with Gasteiger partial charge in [-0.3, -0.25) is 4.79 Å². The van der Waals surface area contributed by atoms with Gasteiger partial charge in [0.25, 0.3) is 0 Å². The number of nitrogens with two attached hydrogens (primary N) is 1. The number of hydrogen-bond donors (Lipinski definition) is 2. The Kier molecular flexibility index (Phi) is 4.31. The van der Waals surface area contributed by atoms with Crippen molar-refractivity contribution in [1.82, 2.24) is 0 Å². The molecule has 0 fully saturated rings. The summed E-state index contributed by atoms with van der Waals surface area (Å²) in [6.45, 7) is 1.31. The van der Waals surface area contributed by atoms with E-state index < -0.39 is 17.7 Å². The number of carboxylic acid groups (broad SMARTS) is 1. The highest BCUT2D eigenvalue weighted by Gasteiger charge is 2.27. The maximum Gasteiger partial charge on any atom is 0.312 e. The zero-order valence-electron chi connectivity index (χ0n) is 9.46. The van der Waals surface area contributed by atoms with Gasteiger partial charge in [-0.15, -0.1) is 0 Å². The number of ether oxygens (including phenoxy) is 1. The van der Waals surface area contributed by atoms with Crippen molar-refractivity contribution in [1.29, 1.82) is 0 Å². The first-order chi connectivity index (χ1) is 7.93. The van der Waals surface area contributed by atoms with Crippen molar-refractivity contribution < 1.29 is 19.0 Å². The van der Waals surface area contributed by atoms with Gasteiger partial charge >= 0.3 is 5.97 Å². The average Bonchev–Trinajstić information content (AvgIpc) is 2.25. The van der Waals surface area contributed by atoms with Crippen LogP contribution in [0.3, 0.4) is 0 Å². The van der Waals surface area contributed by atoms with Crippen molar-refractivity contribution in [3.8, 4) is 5.75 Å². The normalized spacial score (nSPS) is 12.3. The Morgan fingerprint density at radius 3 is 2.71 bits per heavy atom. The second kappa shape index (κ2) is 5.33. The summed E-state index contributed by atoms with van der Waals surface area (Å²) >= 11 is 5.81. The van der Waals surface area contributed by atoms with Crippen molar-refractivity contribution >= 4 is 17.6 Å². The molecule has 1 atom stereocenters. The minimum atomic E-state index is -1.14. The maximum absolute atomic E-state index is 13.5. The SMILES string of the molecule is COc1c(Cl)cc(F)c(C)c1C(CN)C(=O)O. The van der Waals surface area contributed by atoms with E-state index in [1.807, 2.05) is 0 Å². The number of rotatable bonds is 4. The highest BCUT2D eigenvalue weighted by atomic mass is 35.5. The van der Waals surface area contributed by atoms with Crippen molar-refractivity contribution in [2.75, 3.05) is 13.7 Å². The minimum absolute atomic E-state index is 0.0327. The summed E-state index contributed by atoms with van der Waals surface area (Å²) in [5, 5.41) is 9.08. The Morgan fingerprint density at radius 1 is 1.71 bits per heavy atom. The molecule has 0 saturated heterocycles. The number of carbonyl (C=O) groups is 1. The molecule has 17 heavy (non-hydrogen) atoms. The molecule has 1 rings (SSSR count). The smallest absolute Gasteiger partial charge is 0.312 e. The molecule has 3 N–H and O–H groups in total. The highest BCUT2D eigenvalue weighted by molar-refractivity contribution is 6.32. The van der Waals surface area contributed by atoms with Crippen LogP contribution in [0, 0.1) is 12.7 Å². The van der Waals surface area contributed by atoms with E-state index in [0.29, 0.717) is 0 Å². The van der Waals surface area contributed by atoms with Crippen molar-refractivity contribution in [3.05, 3.63) is 28.0 Å². The molecular weight excluding hydrogens is 249 g/mol. The molecule has 0 saturated carbocycles. The number of methoxy groups -OCH3 is 1. The van der Waals surface area contributed by atoms with Crippen molar-refractivity contribution in [3.63, 3.8) is 0 Å². The molecule has 0 amide bonds. The molecule has 1 aromatic rings. The Balaban J connectivity index is 3.53. The third-order valence-electron chi connectivity index (χ3n) is 2.56. The largest absolute Gasteiger partial charge is 0.495 e. The standard InChI is InChI=1S/C11H13ClFNO3/c1-5-8(13)3-7(12)10(17-2)9(5)6(4-14)11(15)16/h3,6H,4,14H2,1-2H3,(H,15,16). The quantitative estimate of drug-likeness (QED) is 0.869. The van der Waals surface area contributed by atoms with Crippen LogP contribution < -0.4 is 10.5 Å². The summed E-state index contributed by atoms with van der Waals surface area (Å²) in [5.74, 6) is -2.61. The van der Waals surface area contributed by atoms with Crippen LogP contribution in [0.5, 0.6) is 5.75 Å². The molecule has 0 aliphatic heterocycles. The van der Waals surface area contributed by atoms with Gasteiger partial charge in [0.1, 0.15) is 11.6 Å². The van der Waals surface area contributed by atoms with Crippen LogP contribution >= 0.6 is 11.6 Å². The molecule has 0 spiro atoms. The van der Waals surface area contributed by atoms with Crippen molar-refractivity contribution in [2.24, 2.45) is 5.73 Å². The summed E-state index contributed by atoms with van der Waals surface area (Å²) in [4.78, 5) is 11.1. The third kappa shape index (κ3) is 2.50. The lowest BCUT2D eigenvalue weighted by atomic mass is 9.93. The fraction of sp³-hybridized carbons (Fsp3) is 0.364. The van der Waals surface area contributed by atoms with Gasteiger partial charge in [-0.25, -0.2) is 4.39 Å². The highest BCUT2D eigenvalue weighted by Crippen LogP contribution is 2.37. The van der Waals surface area contributed by atoms with E-state index in [0.717, 1.165) is 6.07 Å². The van der Waals surface area contributed by atoms with E-state index in [4.69, 9.17) is 27.2 Å². The number of halogens is 2. The summed E-state index contributed by atoms with van der Waals surface area (Å²) < 4.78 is 18.6. The van der Waals surface area contributed by atoms with Gasteiger partial charge < -0.3 is 15.6 Å². The van der Waals surface area contributed by atoms with Crippen molar-refractivity contribution in [2.45, 2.75) is 12.8 Å². The maximum atomic E-state index is 13.5. The van der Waals surface area contributed by atoms with Gasteiger partial charge in [0.15, 0.2) is 0 Å². The molecule has 0 heterocycles. The van der Waals surface area contributed by atoms with Gasteiger partial charge in [0.05, 0.1) is 18.1 Å². The molecule has 0 radical (unpaired) electrons. The first-order valence-electron chi connectivity index (χ1n) is 4.89. The predicted molar refractivity (Wildman–Crippen MR) is 62.1 cm³/mol. The van der Waals surface area contributed by atoms with E-state index in [1.54, 1.807) is 0 Å². The first kappa shape index (κ1) is 13.7. The molecule has 0 aliphatic carbocycles. The summed E-state index contributed by atoms with van der Waals surface area (Å²) in [6, 6.07) is 1.09. The second-order valence-electron chi connectivity index (χ2n) is 3.54. The van der Waals surface area contributed by atoms with Crippen LogP contribution in [0.4, 0.5) is 4.39 Å². The van der Waals surface area contributed by atoms with E-state index in [-0.39, 0.29) is 28.4 Å². The lowest BCUT2D eigenvalue weighted by molar-refractivity contribution is -0.138. The Bertz CT molecular complexity index is 451. The van der Waals surface area contributed by atoms with Crippen LogP contribution in [0.2, 0.25) is 5.02 Å². The predicted octanol–water partition coefficient (Wildman–Crippen LogP) is 1.92. The third-order valence-corrected chi connectivity index (χ3v) is 2.84.